The van der Waals surface area contributed by atoms with Crippen LogP contribution in [-0.4, -0.2) is 57.9 Å². The highest BCUT2D eigenvalue weighted by molar-refractivity contribution is 6.05. The predicted octanol–water partition coefficient (Wildman–Crippen LogP) is 21.1. The number of halogens is 3. The van der Waals surface area contributed by atoms with Crippen molar-refractivity contribution in [2.75, 3.05) is 7.11 Å². The van der Waals surface area contributed by atoms with Crippen molar-refractivity contribution in [3.63, 3.8) is 0 Å². The molecule has 3 atom stereocenters. The van der Waals surface area contributed by atoms with Crippen molar-refractivity contribution in [1.29, 1.82) is 0 Å². The molecule has 0 unspecified atom stereocenters. The number of pyridine rings is 3. The van der Waals surface area contributed by atoms with Gasteiger partial charge in [-0.2, -0.15) is 0 Å². The first-order chi connectivity index (χ1) is 46.9. The molecule has 11 nitrogen and oxygen atoms in total. The molecule has 0 amide bonds. The van der Waals surface area contributed by atoms with Crippen LogP contribution >= 0.6 is 0 Å². The fourth-order valence-electron chi connectivity index (χ4n) is 16.4. The topological polar surface area (TPSA) is 151 Å². The summed E-state index contributed by atoms with van der Waals surface area (Å²) in [6, 6.07) is 51.9. The lowest BCUT2D eigenvalue weighted by Gasteiger charge is -2.32. The Kier molecular flexibility index (Phi) is 17.4. The number of benzene rings is 8. The SMILES string of the molecule is COC(=O)c1cccc2[nH]c([C@H](C)C3CCC(c4ccnc5ccc(F)cc45)CC3)nc12.C[C@@H](c1nc2c(ccc3ccccc32)[nH]1)C1CCC(c2ccnc3ccc(F)cc23)CC1.C[C@H](c1nc2c(ccc3ccccc32)[nH]1)C1CCC(c2ccnc3ccc(F)cc23)CC1. The molecular formula is C82H78F3N9O2. The number of imidazole rings is 3. The number of aromatic amines is 3. The molecule has 0 spiro atoms. The van der Waals surface area contributed by atoms with Gasteiger partial charge in [-0.3, -0.25) is 15.0 Å². The quantitative estimate of drug-likeness (QED) is 0.115. The molecular weight excluding hydrogens is 1200 g/mol. The van der Waals surface area contributed by atoms with Gasteiger partial charge in [0, 0.05) is 63.3 Å². The molecule has 14 heteroatoms. The summed E-state index contributed by atoms with van der Waals surface area (Å²) in [5, 5.41) is 7.73. The molecule has 0 saturated heterocycles. The second-order valence-corrected chi connectivity index (χ2v) is 27.3. The Bertz CT molecular complexity index is 4950. The molecule has 0 radical (unpaired) electrons. The van der Waals surface area contributed by atoms with Crippen LogP contribution in [0.2, 0.25) is 0 Å². The molecule has 3 saturated carbocycles. The molecule has 6 aromatic heterocycles. The van der Waals surface area contributed by atoms with Crippen LogP contribution in [0.4, 0.5) is 13.2 Å². The third-order valence-corrected chi connectivity index (χ3v) is 22.0. The third kappa shape index (κ3) is 12.3. The van der Waals surface area contributed by atoms with Crippen LogP contribution in [0.25, 0.3) is 87.4 Å². The Morgan fingerprint density at radius 3 is 1.12 bits per heavy atom. The van der Waals surface area contributed by atoms with Crippen molar-refractivity contribution < 1.29 is 22.7 Å². The minimum Gasteiger partial charge on any atom is -0.465 e. The standard InChI is InChI=1S/2C28H26FN3.C26H26FN3O2/c2*1-17(28-31-26-12-10-19-4-2-3-5-23(19)27(26)32-28)18-6-8-20(9-7-18)22-14-15-30-25-13-11-21(29)16-24(22)25;1-15(25-29-23-5-3-4-20(24(23)30-25)26(31)32-2)16-6-8-17(9-7-16)19-12-13-28-22-11-10-18(27)14-21(19)22/h2*2-5,10-18,20H,6-9H2,1H3,(H,31,32);3-5,10-17H,6-9H2,1-2H3,(H,29,30)/t2*17-,18?,20?;15-,16?,17?/m101/s1. The monoisotopic (exact) mass is 1280 g/mol. The number of aromatic nitrogens is 9. The summed E-state index contributed by atoms with van der Waals surface area (Å²) < 4.78 is 46.5. The summed E-state index contributed by atoms with van der Waals surface area (Å²) >= 11 is 0. The van der Waals surface area contributed by atoms with E-state index >= 15 is 0 Å². The number of nitrogens with zero attached hydrogens (tertiary/aromatic N) is 6. The molecule has 3 fully saturated rings. The zero-order valence-corrected chi connectivity index (χ0v) is 54.6. The number of hydrogen-bond donors (Lipinski definition) is 3. The van der Waals surface area contributed by atoms with E-state index in [1.54, 1.807) is 42.5 Å². The summed E-state index contributed by atoms with van der Waals surface area (Å²) in [4.78, 5) is 50.8. The van der Waals surface area contributed by atoms with Crippen molar-refractivity contribution in [3.05, 3.63) is 240 Å². The number of esters is 1. The van der Waals surface area contributed by atoms with Crippen molar-refractivity contribution in [1.82, 2.24) is 44.9 Å². The van der Waals surface area contributed by atoms with E-state index in [1.165, 1.54) is 63.5 Å². The van der Waals surface area contributed by atoms with Crippen LogP contribution in [0.3, 0.4) is 0 Å². The minimum absolute atomic E-state index is 0.188. The normalized spacial score (nSPS) is 20.1. The van der Waals surface area contributed by atoms with E-state index in [9.17, 15) is 18.0 Å². The van der Waals surface area contributed by atoms with Crippen LogP contribution in [0.5, 0.6) is 0 Å². The van der Waals surface area contributed by atoms with Gasteiger partial charge in [-0.15, -0.1) is 0 Å². The Balaban J connectivity index is 0.000000118. The van der Waals surface area contributed by atoms with E-state index in [0.717, 1.165) is 155 Å². The van der Waals surface area contributed by atoms with Gasteiger partial charge in [0.2, 0.25) is 0 Å². The lowest BCUT2D eigenvalue weighted by Crippen LogP contribution is -2.19. The summed E-state index contributed by atoms with van der Waals surface area (Å²) in [6.07, 6.45) is 18.9. The second-order valence-electron chi connectivity index (χ2n) is 27.3. The van der Waals surface area contributed by atoms with Gasteiger partial charge < -0.3 is 19.7 Å². The molecule has 3 N–H and O–H groups in total. The number of carbonyl (C=O) groups excluding carboxylic acids is 1. The van der Waals surface area contributed by atoms with E-state index in [1.807, 2.05) is 36.8 Å². The number of methoxy groups -OCH3 is 1. The largest absolute Gasteiger partial charge is 0.465 e. The molecule has 0 aliphatic heterocycles. The Hall–Kier alpha value is -9.82. The summed E-state index contributed by atoms with van der Waals surface area (Å²) in [5.41, 5.74) is 12.7. The van der Waals surface area contributed by atoms with Gasteiger partial charge in [-0.05, 0) is 237 Å². The lowest BCUT2D eigenvalue weighted by atomic mass is 9.73. The number of ether oxygens (including phenoxy) is 1. The van der Waals surface area contributed by atoms with Gasteiger partial charge in [0.15, 0.2) is 0 Å². The van der Waals surface area contributed by atoms with Crippen molar-refractivity contribution in [2.24, 2.45) is 17.8 Å². The summed E-state index contributed by atoms with van der Waals surface area (Å²) in [6.45, 7) is 6.82. The average Bonchev–Trinajstić information content (AvgIpc) is 1.54. The maximum Gasteiger partial charge on any atom is 0.340 e. The molecule has 14 aromatic rings. The zero-order chi connectivity index (χ0) is 65.6. The van der Waals surface area contributed by atoms with Crippen LogP contribution in [0.15, 0.2) is 182 Å². The molecule has 8 aromatic carbocycles. The fraction of sp³-hybridized carbons (Fsp3) is 0.305. The summed E-state index contributed by atoms with van der Waals surface area (Å²) in [5.74, 6) is 6.19. The zero-order valence-electron chi connectivity index (χ0n) is 54.6. The molecule has 484 valence electrons. The minimum atomic E-state index is -0.372. The van der Waals surface area contributed by atoms with E-state index < -0.39 is 0 Å². The average molecular weight is 1280 g/mol. The van der Waals surface area contributed by atoms with Gasteiger partial charge in [0.1, 0.15) is 40.4 Å². The maximum atomic E-state index is 13.9. The van der Waals surface area contributed by atoms with Crippen molar-refractivity contribution in [3.8, 4) is 0 Å². The van der Waals surface area contributed by atoms with E-state index in [-0.39, 0.29) is 29.3 Å². The predicted molar refractivity (Wildman–Crippen MR) is 379 cm³/mol. The molecule has 3 aliphatic carbocycles. The lowest BCUT2D eigenvalue weighted by molar-refractivity contribution is 0.0602. The highest BCUT2D eigenvalue weighted by Gasteiger charge is 2.33. The highest BCUT2D eigenvalue weighted by Crippen LogP contribution is 2.47. The van der Waals surface area contributed by atoms with Gasteiger partial charge in [0.05, 0.1) is 56.8 Å². The van der Waals surface area contributed by atoms with E-state index in [0.29, 0.717) is 58.4 Å². The number of hydrogen-bond acceptors (Lipinski definition) is 8. The number of carbonyl (C=O) groups is 1. The van der Waals surface area contributed by atoms with Crippen molar-refractivity contribution >= 4 is 93.3 Å². The number of nitrogens with one attached hydrogen (secondary N) is 3. The first-order valence-corrected chi connectivity index (χ1v) is 34.3. The summed E-state index contributed by atoms with van der Waals surface area (Å²) in [7, 11) is 1.39. The maximum absolute atomic E-state index is 13.9. The van der Waals surface area contributed by atoms with E-state index in [4.69, 9.17) is 19.7 Å². The fourth-order valence-corrected chi connectivity index (χ4v) is 16.4. The highest BCUT2D eigenvalue weighted by atomic mass is 19.1. The van der Waals surface area contributed by atoms with Crippen LogP contribution < -0.4 is 0 Å². The van der Waals surface area contributed by atoms with E-state index in [2.05, 4.69) is 136 Å². The number of fused-ring (bicyclic) bond motifs is 10. The Labute approximate surface area is 555 Å². The molecule has 3 aliphatic rings. The van der Waals surface area contributed by atoms with Crippen molar-refractivity contribution in [2.45, 2.75) is 133 Å². The second kappa shape index (κ2) is 26.8. The van der Waals surface area contributed by atoms with Gasteiger partial charge in [-0.1, -0.05) is 87.5 Å². The Morgan fingerprint density at radius 2 is 0.750 bits per heavy atom. The van der Waals surface area contributed by atoms with Crippen LogP contribution in [-0.2, 0) is 4.74 Å². The van der Waals surface area contributed by atoms with Gasteiger partial charge >= 0.3 is 5.97 Å². The first kappa shape index (κ1) is 62.3. The first-order valence-electron chi connectivity index (χ1n) is 34.3. The number of rotatable bonds is 10. The van der Waals surface area contributed by atoms with Gasteiger partial charge in [-0.25, -0.2) is 32.9 Å². The van der Waals surface area contributed by atoms with Crippen LogP contribution in [0, 0.1) is 35.2 Å². The molecule has 0 bridgehead atoms. The van der Waals surface area contributed by atoms with Crippen LogP contribution in [0.1, 0.15) is 178 Å². The number of H-pyrrole nitrogens is 3. The van der Waals surface area contributed by atoms with Gasteiger partial charge in [0.25, 0.3) is 0 Å². The molecule has 17 rings (SSSR count). The molecule has 96 heavy (non-hydrogen) atoms. The number of para-hydroxylation sites is 1. The third-order valence-electron chi connectivity index (χ3n) is 22.0. The Morgan fingerprint density at radius 1 is 0.396 bits per heavy atom. The molecule has 6 heterocycles. The smallest absolute Gasteiger partial charge is 0.340 e.